The molecule has 0 aromatic carbocycles. The number of carbonyl (C=O) groups excluding carboxylic acids is 1. The molecule has 0 bridgehead atoms. The van der Waals surface area contributed by atoms with Crippen LogP contribution in [-0.2, 0) is 4.79 Å². The van der Waals surface area contributed by atoms with Crippen LogP contribution in [0.5, 0.6) is 0 Å². The van der Waals surface area contributed by atoms with Crippen molar-refractivity contribution in [3.63, 3.8) is 0 Å². The number of hydrogen-bond donors (Lipinski definition) is 1. The molecule has 1 fully saturated rings. The van der Waals surface area contributed by atoms with E-state index >= 15 is 0 Å². The van der Waals surface area contributed by atoms with Crippen LogP contribution < -0.4 is 5.32 Å². The summed E-state index contributed by atoms with van der Waals surface area (Å²) in [5, 5.41) is 16.4. The van der Waals surface area contributed by atoms with Gasteiger partial charge in [0.1, 0.15) is 11.6 Å². The molecule has 8 heteroatoms. The Bertz CT molecular complexity index is 902. The lowest BCUT2D eigenvalue weighted by Crippen LogP contribution is -2.41. The number of nitrogens with zero attached hydrogens (tertiary/aromatic N) is 5. The molecule has 2 aliphatic heterocycles. The van der Waals surface area contributed by atoms with Crippen LogP contribution in [0.1, 0.15) is 29.9 Å². The zero-order valence-electron chi connectivity index (χ0n) is 16.3. The predicted molar refractivity (Wildman–Crippen MR) is 104 cm³/mol. The molecule has 1 aliphatic carbocycles. The Morgan fingerprint density at radius 3 is 3.00 bits per heavy atom. The third kappa shape index (κ3) is 3.28. The maximum absolute atomic E-state index is 12.7. The number of likely N-dealkylation sites (tertiary alicyclic amines) is 1. The van der Waals surface area contributed by atoms with Gasteiger partial charge < -0.3 is 19.6 Å². The number of carbonyl (C=O) groups is 1. The van der Waals surface area contributed by atoms with E-state index < -0.39 is 0 Å². The number of amidine groups is 1. The molecular formula is C20H24N6O2. The minimum absolute atomic E-state index is 0.00195. The summed E-state index contributed by atoms with van der Waals surface area (Å²) in [5.41, 5.74) is 2.95. The summed E-state index contributed by atoms with van der Waals surface area (Å²) in [6.45, 7) is 5.16. The van der Waals surface area contributed by atoms with Crippen molar-refractivity contribution in [2.24, 2.45) is 4.99 Å². The normalized spacial score (nSPS) is 25.6. The summed E-state index contributed by atoms with van der Waals surface area (Å²) in [6, 6.07) is 0.114. The van der Waals surface area contributed by atoms with Crippen LogP contribution in [0.3, 0.4) is 0 Å². The Balaban J connectivity index is 1.40. The van der Waals surface area contributed by atoms with Gasteiger partial charge in [0.25, 0.3) is 0 Å². The van der Waals surface area contributed by atoms with Gasteiger partial charge in [0, 0.05) is 25.7 Å². The van der Waals surface area contributed by atoms with Crippen LogP contribution in [0.15, 0.2) is 27.7 Å². The van der Waals surface area contributed by atoms with Crippen LogP contribution in [-0.4, -0.2) is 65.0 Å². The molecule has 1 N–H and O–H groups in total. The average Bonchev–Trinajstić information content (AvgIpc) is 3.38. The van der Waals surface area contributed by atoms with Crippen LogP contribution in [0.4, 0.5) is 0 Å². The fraction of sp³-hybridized carbons (Fsp3) is 0.500. The van der Waals surface area contributed by atoms with Crippen molar-refractivity contribution in [1.29, 1.82) is 5.26 Å². The maximum atomic E-state index is 12.7. The lowest BCUT2D eigenvalue weighted by Gasteiger charge is -2.24. The van der Waals surface area contributed by atoms with Gasteiger partial charge in [0.15, 0.2) is 6.19 Å². The highest BCUT2D eigenvalue weighted by molar-refractivity contribution is 6.01. The van der Waals surface area contributed by atoms with Gasteiger partial charge in [-0.2, -0.15) is 5.26 Å². The zero-order valence-corrected chi connectivity index (χ0v) is 16.3. The Morgan fingerprint density at radius 1 is 1.50 bits per heavy atom. The molecule has 4 rings (SSSR count). The second-order valence-electron chi connectivity index (χ2n) is 7.59. The number of hydrogen-bond acceptors (Lipinski definition) is 7. The van der Waals surface area contributed by atoms with E-state index in [0.29, 0.717) is 18.9 Å². The average molecular weight is 380 g/mol. The van der Waals surface area contributed by atoms with Gasteiger partial charge in [-0.15, -0.1) is 0 Å². The third-order valence-corrected chi connectivity index (χ3v) is 5.72. The molecule has 1 amide bonds. The second-order valence-corrected chi connectivity index (χ2v) is 7.59. The van der Waals surface area contributed by atoms with E-state index in [-0.39, 0.29) is 30.5 Å². The van der Waals surface area contributed by atoms with E-state index in [0.717, 1.165) is 29.0 Å². The smallest absolute Gasteiger partial charge is 0.230 e. The quantitative estimate of drug-likeness (QED) is 0.793. The lowest BCUT2D eigenvalue weighted by molar-refractivity contribution is -0.130. The predicted octanol–water partition coefficient (Wildman–Crippen LogP) is 1.39. The summed E-state index contributed by atoms with van der Waals surface area (Å²) >= 11 is 0. The third-order valence-electron chi connectivity index (χ3n) is 5.72. The second kappa shape index (κ2) is 7.15. The number of nitriles is 1. The molecule has 1 saturated heterocycles. The highest BCUT2D eigenvalue weighted by atomic mass is 16.5. The van der Waals surface area contributed by atoms with Crippen LogP contribution >= 0.6 is 0 Å². The first kappa shape index (κ1) is 18.3. The van der Waals surface area contributed by atoms with Crippen LogP contribution in [0.25, 0.3) is 5.57 Å². The molecule has 0 radical (unpaired) electrons. The molecule has 28 heavy (non-hydrogen) atoms. The Kier molecular flexibility index (Phi) is 4.67. The van der Waals surface area contributed by atoms with Gasteiger partial charge in [-0.1, -0.05) is 23.4 Å². The van der Waals surface area contributed by atoms with Crippen molar-refractivity contribution < 1.29 is 9.32 Å². The Morgan fingerprint density at radius 2 is 2.32 bits per heavy atom. The first-order chi connectivity index (χ1) is 13.5. The highest BCUT2D eigenvalue weighted by Gasteiger charge is 2.32. The highest BCUT2D eigenvalue weighted by Crippen LogP contribution is 2.29. The van der Waals surface area contributed by atoms with Gasteiger partial charge in [0.2, 0.25) is 5.91 Å². The summed E-state index contributed by atoms with van der Waals surface area (Å²) in [5.74, 6) is 1.53. The molecule has 1 aromatic rings. The molecule has 3 heterocycles. The maximum Gasteiger partial charge on any atom is 0.230 e. The Labute approximate surface area is 164 Å². The number of aryl methyl sites for hydroxylation is 2. The molecule has 3 atom stereocenters. The van der Waals surface area contributed by atoms with E-state index in [1.807, 2.05) is 27.0 Å². The van der Waals surface area contributed by atoms with Crippen molar-refractivity contribution in [1.82, 2.24) is 20.3 Å². The van der Waals surface area contributed by atoms with E-state index in [2.05, 4.69) is 33.8 Å². The number of aromatic nitrogens is 1. The summed E-state index contributed by atoms with van der Waals surface area (Å²) in [7, 11) is 1.81. The largest absolute Gasteiger partial charge is 0.365 e. The molecule has 0 spiro atoms. The van der Waals surface area contributed by atoms with E-state index in [1.165, 1.54) is 0 Å². The Hall–Kier alpha value is -3.08. The zero-order chi connectivity index (χ0) is 19.8. The SMILES string of the molecule is Cc1noc(C)c1C1=CC2NC(CC(=O)N(C)C3CCN(C#N)C3)=NC2C=C1. The fourth-order valence-corrected chi connectivity index (χ4v) is 4.11. The molecule has 8 nitrogen and oxygen atoms in total. The van der Waals surface area contributed by atoms with Crippen molar-refractivity contribution in [3.05, 3.63) is 35.2 Å². The van der Waals surface area contributed by atoms with Crippen molar-refractivity contribution in [3.8, 4) is 6.19 Å². The number of nitrogens with one attached hydrogen (secondary N) is 1. The topological polar surface area (TPSA) is 97.8 Å². The minimum atomic E-state index is -0.00195. The van der Waals surface area contributed by atoms with Gasteiger partial charge in [-0.3, -0.25) is 9.79 Å². The van der Waals surface area contributed by atoms with E-state index in [1.54, 1.807) is 9.80 Å². The van der Waals surface area contributed by atoms with Gasteiger partial charge in [-0.25, -0.2) is 0 Å². The number of fused-ring (bicyclic) bond motifs is 1. The lowest BCUT2D eigenvalue weighted by atomic mass is 9.94. The van der Waals surface area contributed by atoms with Crippen molar-refractivity contribution in [2.45, 2.75) is 44.8 Å². The molecular weight excluding hydrogens is 356 g/mol. The minimum Gasteiger partial charge on any atom is -0.365 e. The standard InChI is InChI=1S/C20H24N6O2/c1-12-20(13(2)28-24-12)14-4-5-16-17(8-14)23-18(22-16)9-19(27)25(3)15-6-7-26(10-15)11-21/h4-5,8,15-17H,6-7,9-10H2,1-3H3,(H,22,23). The number of amides is 1. The fourth-order valence-electron chi connectivity index (χ4n) is 4.11. The van der Waals surface area contributed by atoms with Gasteiger partial charge in [-0.05, 0) is 25.8 Å². The van der Waals surface area contributed by atoms with Gasteiger partial charge in [0.05, 0.1) is 30.2 Å². The monoisotopic (exact) mass is 380 g/mol. The number of likely N-dealkylation sites (N-methyl/N-ethyl adjacent to an activating group) is 1. The molecule has 3 aliphatic rings. The van der Waals surface area contributed by atoms with E-state index in [9.17, 15) is 4.79 Å². The van der Waals surface area contributed by atoms with Crippen LogP contribution in [0, 0.1) is 25.3 Å². The number of aliphatic imine (C=N–C) groups is 1. The number of rotatable bonds is 4. The van der Waals surface area contributed by atoms with Gasteiger partial charge >= 0.3 is 0 Å². The number of allylic oxidation sites excluding steroid dienone is 2. The molecule has 3 unspecified atom stereocenters. The van der Waals surface area contributed by atoms with Crippen LogP contribution in [0.2, 0.25) is 0 Å². The van der Waals surface area contributed by atoms with Crippen molar-refractivity contribution >= 4 is 17.3 Å². The molecule has 0 saturated carbocycles. The summed E-state index contributed by atoms with van der Waals surface area (Å²) in [4.78, 5) is 20.8. The first-order valence-electron chi connectivity index (χ1n) is 9.53. The summed E-state index contributed by atoms with van der Waals surface area (Å²) < 4.78 is 5.28. The van der Waals surface area contributed by atoms with E-state index in [4.69, 9.17) is 9.78 Å². The van der Waals surface area contributed by atoms with Crippen molar-refractivity contribution in [2.75, 3.05) is 20.1 Å². The summed E-state index contributed by atoms with van der Waals surface area (Å²) in [6.07, 6.45) is 9.46. The molecule has 1 aromatic heterocycles. The molecule has 146 valence electrons. The first-order valence-corrected chi connectivity index (χ1v) is 9.53.